The van der Waals surface area contributed by atoms with Crippen LogP contribution in [0.2, 0.25) is 0 Å². The Balaban J connectivity index is 0.000000431. The fourth-order valence-electron chi connectivity index (χ4n) is 8.87. The number of halogens is 15. The first-order chi connectivity index (χ1) is 37.7. The van der Waals surface area contributed by atoms with Crippen molar-refractivity contribution in [2.45, 2.75) is 133 Å². The Bertz CT molecular complexity index is 3100. The highest BCUT2D eigenvalue weighted by atomic mass is 32.2. The minimum atomic E-state index is -5.95. The molecule has 0 radical (unpaired) electrons. The third kappa shape index (κ3) is 15.1. The predicted molar refractivity (Wildman–Crippen MR) is 273 cm³/mol. The Morgan fingerprint density at radius 3 is 1.13 bits per heavy atom. The molecule has 452 valence electrons. The number of carbonyl (C=O) groups excluding carboxylic acids is 1. The summed E-state index contributed by atoms with van der Waals surface area (Å²) in [6.45, 7) is 11.3. The molecule has 0 amide bonds. The fraction of sp³-hybridized carbons (Fsp3) is 0.456. The minimum absolute atomic E-state index is 0.00299. The SMILES string of the molecule is CCC(CC)(c1ccc(C#CC(OCOC)(C(F)(F)F)C(F)(F)F)c(C)c1)c1ccc(/C=C/C(=O)OC)c(C)c1.CCC(CC)(c1ccc(C#CC(OCOC)(C(F)(F)F)C(F)(F)F)c(C)c1)c1ccc(OS(=O)(=O)C(F)(F)F)c(C)c1. The Kier molecular flexibility index (Phi) is 23.0. The van der Waals surface area contributed by atoms with E-state index in [0.29, 0.717) is 42.4 Å². The molecule has 0 N–H and O–H groups in total. The lowest BCUT2D eigenvalue weighted by Crippen LogP contribution is -2.58. The van der Waals surface area contributed by atoms with Gasteiger partial charge in [0.1, 0.15) is 19.3 Å². The predicted octanol–water partition coefficient (Wildman–Crippen LogP) is 14.9. The van der Waals surface area contributed by atoms with Crippen LogP contribution < -0.4 is 4.18 Å². The molecule has 0 atom stereocenters. The van der Waals surface area contributed by atoms with Crippen LogP contribution in [0.4, 0.5) is 65.9 Å². The molecule has 0 aliphatic carbocycles. The molecule has 0 saturated carbocycles. The van der Waals surface area contributed by atoms with Gasteiger partial charge in [-0.2, -0.15) is 74.3 Å². The maximum absolute atomic E-state index is 13.6. The monoisotopic (exact) mass is 1200 g/mol. The van der Waals surface area contributed by atoms with Crippen LogP contribution in [-0.2, 0) is 49.4 Å². The molecule has 0 saturated heterocycles. The summed E-state index contributed by atoms with van der Waals surface area (Å²) in [4.78, 5) is 11.5. The zero-order valence-corrected chi connectivity index (χ0v) is 46.9. The van der Waals surface area contributed by atoms with Crippen LogP contribution in [-0.4, -0.2) is 90.7 Å². The van der Waals surface area contributed by atoms with Crippen LogP contribution in [0, 0.1) is 51.4 Å². The second-order valence-corrected chi connectivity index (χ2v) is 20.0. The molecular weight excluding hydrogens is 1150 g/mol. The number of esters is 1. The van der Waals surface area contributed by atoms with Gasteiger partial charge in [0.2, 0.25) is 0 Å². The quantitative estimate of drug-likeness (QED) is 0.0183. The van der Waals surface area contributed by atoms with E-state index in [0.717, 1.165) is 42.5 Å². The van der Waals surface area contributed by atoms with E-state index in [2.05, 4.69) is 33.8 Å². The van der Waals surface area contributed by atoms with Crippen LogP contribution >= 0.6 is 0 Å². The van der Waals surface area contributed by atoms with E-state index in [9.17, 15) is 79.1 Å². The number of alkyl halides is 15. The molecule has 0 unspecified atom stereocenters. The minimum Gasteiger partial charge on any atom is -0.466 e. The van der Waals surface area contributed by atoms with E-state index in [1.54, 1.807) is 39.0 Å². The van der Waals surface area contributed by atoms with Gasteiger partial charge in [-0.05, 0) is 140 Å². The van der Waals surface area contributed by atoms with Gasteiger partial charge in [-0.3, -0.25) is 0 Å². The van der Waals surface area contributed by atoms with Crippen molar-refractivity contribution in [3.8, 4) is 29.4 Å². The van der Waals surface area contributed by atoms with E-state index >= 15 is 0 Å². The molecule has 0 spiro atoms. The first kappa shape index (κ1) is 70.0. The first-order valence-electron chi connectivity index (χ1n) is 24.5. The third-order valence-electron chi connectivity index (χ3n) is 13.7. The summed E-state index contributed by atoms with van der Waals surface area (Å²) in [7, 11) is -2.85. The van der Waals surface area contributed by atoms with Crippen molar-refractivity contribution in [2.24, 2.45) is 0 Å². The van der Waals surface area contributed by atoms with Crippen LogP contribution in [0.5, 0.6) is 5.75 Å². The second-order valence-electron chi connectivity index (χ2n) is 18.5. The van der Waals surface area contributed by atoms with Crippen molar-refractivity contribution in [3.05, 3.63) is 140 Å². The molecule has 9 nitrogen and oxygen atoms in total. The largest absolute Gasteiger partial charge is 0.534 e. The molecule has 0 aliphatic rings. The molecule has 82 heavy (non-hydrogen) atoms. The van der Waals surface area contributed by atoms with Crippen LogP contribution in [0.25, 0.3) is 6.08 Å². The summed E-state index contributed by atoms with van der Waals surface area (Å²) >= 11 is 0. The standard InChI is InChI=1S/C30H32F6O4.C27H27F9O5S/c1-7-27(8-2,24-12-9-22(20(3)17-24)11-14-26(37)39-6)25-13-10-23(21(4)18-25)15-16-28(29(31,32)33,30(34,35)36)40-19-38-5;1-6-23(7-2,21-10-11-22(18(4)15-21)41-42(37,38)27(34,35)36)20-9-8-19(17(3)14-20)12-13-24(25(28,29)30,26(31,32)33)40-16-39-5/h9-14,17-18H,7-8,19H2,1-6H3;8-11,14-15H,6-7,16H2,1-5H3/b14-11+;. The molecule has 0 fully saturated rings. The van der Waals surface area contributed by atoms with Gasteiger partial charge in [0.15, 0.2) is 0 Å². The highest BCUT2D eigenvalue weighted by Gasteiger charge is 2.73. The van der Waals surface area contributed by atoms with E-state index in [-0.39, 0.29) is 22.3 Å². The molecule has 0 aromatic heterocycles. The number of hydrogen-bond donors (Lipinski definition) is 0. The van der Waals surface area contributed by atoms with Crippen LogP contribution in [0.3, 0.4) is 0 Å². The van der Waals surface area contributed by atoms with Crippen LogP contribution in [0.1, 0.15) is 115 Å². The van der Waals surface area contributed by atoms with Crippen molar-refractivity contribution >= 4 is 22.2 Å². The van der Waals surface area contributed by atoms with Gasteiger partial charge in [0, 0.05) is 42.3 Å². The number of hydrogen-bond acceptors (Lipinski definition) is 9. The third-order valence-corrected chi connectivity index (χ3v) is 14.7. The van der Waals surface area contributed by atoms with Gasteiger partial charge < -0.3 is 27.9 Å². The van der Waals surface area contributed by atoms with E-state index in [1.165, 1.54) is 75.3 Å². The summed E-state index contributed by atoms with van der Waals surface area (Å²) in [6, 6.07) is 18.8. The Hall–Kier alpha value is -6.25. The summed E-state index contributed by atoms with van der Waals surface area (Å²) in [6.07, 6.45) is -18.5. The van der Waals surface area contributed by atoms with E-state index < -0.39 is 87.7 Å². The van der Waals surface area contributed by atoms with Gasteiger partial charge in [0.25, 0.3) is 0 Å². The zero-order chi connectivity index (χ0) is 62.7. The second kappa shape index (κ2) is 27.0. The number of rotatable bonds is 18. The summed E-state index contributed by atoms with van der Waals surface area (Å²) in [5.74, 6) is 5.53. The lowest BCUT2D eigenvalue weighted by atomic mass is 9.69. The Morgan fingerprint density at radius 1 is 0.500 bits per heavy atom. The van der Waals surface area contributed by atoms with Crippen LogP contribution in [0.15, 0.2) is 78.9 Å². The molecule has 25 heteroatoms. The van der Waals surface area contributed by atoms with Crippen molar-refractivity contribution in [2.75, 3.05) is 34.9 Å². The Morgan fingerprint density at radius 2 is 0.841 bits per heavy atom. The molecular formula is C57H59F15O9S. The first-order valence-corrected chi connectivity index (χ1v) is 26.0. The average Bonchev–Trinajstić information content (AvgIpc) is 3.51. The molecule has 0 aliphatic heterocycles. The molecule has 0 bridgehead atoms. The average molecular weight is 1210 g/mol. The maximum Gasteiger partial charge on any atom is 0.534 e. The maximum atomic E-state index is 13.6. The van der Waals surface area contributed by atoms with Crippen molar-refractivity contribution in [3.63, 3.8) is 0 Å². The van der Waals surface area contributed by atoms with Gasteiger partial charge >= 0.3 is 57.5 Å². The number of benzene rings is 4. The Labute approximate surface area is 465 Å². The van der Waals surface area contributed by atoms with Crippen molar-refractivity contribution in [1.82, 2.24) is 0 Å². The van der Waals surface area contributed by atoms with Crippen molar-refractivity contribution in [1.29, 1.82) is 0 Å². The van der Waals surface area contributed by atoms with Gasteiger partial charge in [0.05, 0.1) is 7.11 Å². The summed E-state index contributed by atoms with van der Waals surface area (Å²) in [5, 5.41) is 0. The number of aryl methyl sites for hydroxylation is 4. The van der Waals surface area contributed by atoms with Gasteiger partial charge in [-0.15, -0.1) is 0 Å². The van der Waals surface area contributed by atoms with E-state index in [4.69, 9.17) is 0 Å². The zero-order valence-electron chi connectivity index (χ0n) is 46.1. The van der Waals surface area contributed by atoms with E-state index in [1.807, 2.05) is 44.9 Å². The van der Waals surface area contributed by atoms with Gasteiger partial charge in [-0.25, -0.2) is 4.79 Å². The van der Waals surface area contributed by atoms with Gasteiger partial charge in [-0.1, -0.05) is 94.1 Å². The smallest absolute Gasteiger partial charge is 0.466 e. The topological polar surface area (TPSA) is 107 Å². The highest BCUT2D eigenvalue weighted by Crippen LogP contribution is 2.48. The van der Waals surface area contributed by atoms with Crippen molar-refractivity contribution < 1.29 is 107 Å². The normalized spacial score (nSPS) is 13.1. The summed E-state index contributed by atoms with van der Waals surface area (Å²) < 4.78 is 250. The number of ether oxygens (including phenoxy) is 5. The lowest BCUT2D eigenvalue weighted by molar-refractivity contribution is -0.368. The molecule has 0 heterocycles. The number of carbonyl (C=O) groups is 1. The molecule has 4 aromatic rings. The lowest BCUT2D eigenvalue weighted by Gasteiger charge is -2.34. The molecule has 4 aromatic carbocycles. The highest BCUT2D eigenvalue weighted by molar-refractivity contribution is 7.88. The molecule has 4 rings (SSSR count). The summed E-state index contributed by atoms with van der Waals surface area (Å²) in [5.41, 5.74) is -11.2. The fourth-order valence-corrected chi connectivity index (χ4v) is 9.39. The number of methoxy groups -OCH3 is 3.